The molecule has 0 N–H and O–H groups in total. The molecule has 4 rings (SSSR count). The van der Waals surface area contributed by atoms with E-state index in [2.05, 4.69) is 13.5 Å². The Hall–Kier alpha value is -2.27. The number of carbonyl (C=O) groups excluding carboxylic acids is 1. The van der Waals surface area contributed by atoms with Crippen LogP contribution in [0.2, 0.25) is 0 Å². The van der Waals surface area contributed by atoms with Crippen LogP contribution in [-0.2, 0) is 14.3 Å². The first-order chi connectivity index (χ1) is 12.9. The van der Waals surface area contributed by atoms with Gasteiger partial charge in [-0.15, -0.1) is 6.58 Å². The van der Waals surface area contributed by atoms with Gasteiger partial charge in [-0.2, -0.15) is 0 Å². The van der Waals surface area contributed by atoms with Gasteiger partial charge in [0.25, 0.3) is 0 Å². The maximum absolute atomic E-state index is 13.3. The molecule has 0 aromatic heterocycles. The van der Waals surface area contributed by atoms with Gasteiger partial charge in [0.1, 0.15) is 11.4 Å². The molecule has 0 unspecified atom stereocenters. The molecule has 3 aliphatic rings. The lowest BCUT2D eigenvalue weighted by molar-refractivity contribution is -0.135. The summed E-state index contributed by atoms with van der Waals surface area (Å²) in [6, 6.07) is 5.90. The van der Waals surface area contributed by atoms with Crippen molar-refractivity contribution in [2.24, 2.45) is 16.7 Å². The van der Waals surface area contributed by atoms with Gasteiger partial charge in [-0.3, -0.25) is 4.79 Å². The van der Waals surface area contributed by atoms with E-state index in [1.165, 1.54) is 0 Å². The summed E-state index contributed by atoms with van der Waals surface area (Å²) in [7, 11) is 6.54. The summed E-state index contributed by atoms with van der Waals surface area (Å²) < 4.78 is 22.5. The van der Waals surface area contributed by atoms with Crippen molar-refractivity contribution in [1.29, 1.82) is 0 Å². The SMILES string of the molecule is C=CC[C@]12C(=O)C=C(OC)[C@@]3(OC)[C@@H]1[C@@]3(C)[C@@H]2c1ccc(OC)c(OC)c1. The first-order valence-electron chi connectivity index (χ1n) is 9.12. The number of ketones is 1. The van der Waals surface area contributed by atoms with Crippen molar-refractivity contribution in [1.82, 2.24) is 0 Å². The molecule has 1 aromatic rings. The van der Waals surface area contributed by atoms with Crippen LogP contribution >= 0.6 is 0 Å². The molecule has 0 heterocycles. The molecule has 0 amide bonds. The van der Waals surface area contributed by atoms with Crippen molar-refractivity contribution in [3.63, 3.8) is 0 Å². The fourth-order valence-corrected chi connectivity index (χ4v) is 6.44. The second-order valence-electron chi connectivity index (χ2n) is 7.81. The Bertz CT molecular complexity index is 858. The number of hydrogen-bond donors (Lipinski definition) is 0. The molecule has 144 valence electrons. The fourth-order valence-electron chi connectivity index (χ4n) is 6.44. The number of carbonyl (C=O) groups is 1. The average molecular weight is 370 g/mol. The average Bonchev–Trinajstić information content (AvgIpc) is 3.20. The van der Waals surface area contributed by atoms with Gasteiger partial charge in [-0.1, -0.05) is 19.1 Å². The van der Waals surface area contributed by atoms with E-state index in [0.717, 1.165) is 5.56 Å². The molecule has 0 radical (unpaired) electrons. The van der Waals surface area contributed by atoms with Crippen molar-refractivity contribution in [3.05, 3.63) is 48.3 Å². The Morgan fingerprint density at radius 3 is 2.37 bits per heavy atom. The lowest BCUT2D eigenvalue weighted by Crippen LogP contribution is -2.51. The molecule has 5 heteroatoms. The van der Waals surface area contributed by atoms with Crippen molar-refractivity contribution in [2.45, 2.75) is 24.9 Å². The minimum atomic E-state index is -0.573. The number of fused-ring (bicyclic) bond motifs is 1. The number of hydrogen-bond acceptors (Lipinski definition) is 5. The first-order valence-corrected chi connectivity index (χ1v) is 9.12. The largest absolute Gasteiger partial charge is 0.498 e. The Labute approximate surface area is 159 Å². The zero-order chi connectivity index (χ0) is 19.6. The summed E-state index contributed by atoms with van der Waals surface area (Å²) in [4.78, 5) is 13.3. The molecule has 0 bridgehead atoms. The first kappa shape index (κ1) is 18.1. The van der Waals surface area contributed by atoms with Gasteiger partial charge < -0.3 is 18.9 Å². The van der Waals surface area contributed by atoms with Crippen LogP contribution in [0.3, 0.4) is 0 Å². The quantitative estimate of drug-likeness (QED) is 0.688. The second-order valence-corrected chi connectivity index (χ2v) is 7.81. The van der Waals surface area contributed by atoms with E-state index < -0.39 is 11.0 Å². The van der Waals surface area contributed by atoms with E-state index in [9.17, 15) is 4.79 Å². The third kappa shape index (κ3) is 1.72. The van der Waals surface area contributed by atoms with Crippen molar-refractivity contribution in [2.75, 3.05) is 28.4 Å². The van der Waals surface area contributed by atoms with E-state index in [1.54, 1.807) is 34.5 Å². The number of rotatable bonds is 7. The number of methoxy groups -OCH3 is 4. The second kappa shape index (κ2) is 5.61. The molecule has 2 saturated carbocycles. The molecular formula is C22H26O5. The Kier molecular flexibility index (Phi) is 3.77. The van der Waals surface area contributed by atoms with E-state index in [4.69, 9.17) is 18.9 Å². The molecule has 27 heavy (non-hydrogen) atoms. The number of ether oxygens (including phenoxy) is 4. The molecule has 1 aromatic carbocycles. The van der Waals surface area contributed by atoms with Gasteiger partial charge in [0.2, 0.25) is 0 Å². The van der Waals surface area contributed by atoms with Gasteiger partial charge in [0, 0.05) is 30.4 Å². The van der Waals surface area contributed by atoms with E-state index >= 15 is 0 Å². The van der Waals surface area contributed by atoms with Gasteiger partial charge in [0.15, 0.2) is 17.3 Å². The zero-order valence-electron chi connectivity index (χ0n) is 16.5. The van der Waals surface area contributed by atoms with E-state index in [1.807, 2.05) is 24.3 Å². The van der Waals surface area contributed by atoms with Crippen molar-refractivity contribution >= 4 is 5.78 Å². The normalized spacial score (nSPS) is 38.3. The number of benzene rings is 1. The number of allylic oxidation sites excluding steroid dienone is 2. The Balaban J connectivity index is 1.90. The van der Waals surface area contributed by atoms with Crippen LogP contribution in [0.1, 0.15) is 24.8 Å². The highest BCUT2D eigenvalue weighted by Crippen LogP contribution is 2.92. The molecule has 3 aliphatic carbocycles. The summed E-state index contributed by atoms with van der Waals surface area (Å²) >= 11 is 0. The van der Waals surface area contributed by atoms with Gasteiger partial charge >= 0.3 is 0 Å². The smallest absolute Gasteiger partial charge is 0.166 e. The van der Waals surface area contributed by atoms with Crippen LogP contribution in [-0.4, -0.2) is 39.8 Å². The summed E-state index contributed by atoms with van der Waals surface area (Å²) in [6.45, 7) is 6.11. The van der Waals surface area contributed by atoms with Crippen LogP contribution in [0.4, 0.5) is 0 Å². The fraction of sp³-hybridized carbons (Fsp3) is 0.500. The Morgan fingerprint density at radius 2 is 1.81 bits per heavy atom. The topological polar surface area (TPSA) is 54.0 Å². The van der Waals surface area contributed by atoms with Crippen molar-refractivity contribution < 1.29 is 23.7 Å². The maximum Gasteiger partial charge on any atom is 0.166 e. The zero-order valence-corrected chi connectivity index (χ0v) is 16.5. The summed E-state index contributed by atoms with van der Waals surface area (Å²) in [5, 5.41) is 0. The Morgan fingerprint density at radius 1 is 1.11 bits per heavy atom. The summed E-state index contributed by atoms with van der Waals surface area (Å²) in [5.41, 5.74) is -0.311. The highest BCUT2D eigenvalue weighted by molar-refractivity contribution is 6.02. The molecule has 5 atom stereocenters. The molecule has 0 spiro atoms. The molecule has 0 saturated heterocycles. The minimum absolute atomic E-state index is 0.0239. The predicted molar refractivity (Wildman–Crippen MR) is 101 cm³/mol. The molecule has 2 fully saturated rings. The third-order valence-corrected chi connectivity index (χ3v) is 7.20. The summed E-state index contributed by atoms with van der Waals surface area (Å²) in [5.74, 6) is 2.10. The lowest BCUT2D eigenvalue weighted by Gasteiger charge is -2.51. The third-order valence-electron chi connectivity index (χ3n) is 7.20. The minimum Gasteiger partial charge on any atom is -0.498 e. The van der Waals surface area contributed by atoms with Gasteiger partial charge in [0.05, 0.1) is 26.7 Å². The van der Waals surface area contributed by atoms with Crippen LogP contribution in [0, 0.1) is 16.7 Å². The highest BCUT2D eigenvalue weighted by atomic mass is 16.5. The highest BCUT2D eigenvalue weighted by Gasteiger charge is 2.97. The molecule has 5 nitrogen and oxygen atoms in total. The lowest BCUT2D eigenvalue weighted by atomic mass is 9.49. The van der Waals surface area contributed by atoms with Crippen LogP contribution in [0.25, 0.3) is 0 Å². The van der Waals surface area contributed by atoms with Crippen LogP contribution < -0.4 is 9.47 Å². The monoisotopic (exact) mass is 370 g/mol. The standard InChI is InChI=1S/C22H26O5/c1-7-10-21-16(23)12-17(26-5)22(27-6)19(21)20(22,2)18(21)13-8-9-14(24-3)15(11-13)25-4/h7-9,11-12,18-19H,1,10H2,2-6H3/t18-,19+,20+,21+,22+/m0/s1. The summed E-state index contributed by atoms with van der Waals surface area (Å²) in [6.07, 6.45) is 4.08. The molecule has 0 aliphatic heterocycles. The molecular weight excluding hydrogens is 344 g/mol. The van der Waals surface area contributed by atoms with Crippen molar-refractivity contribution in [3.8, 4) is 11.5 Å². The van der Waals surface area contributed by atoms with Crippen LogP contribution in [0.5, 0.6) is 11.5 Å². The van der Waals surface area contributed by atoms with E-state index in [-0.39, 0.29) is 23.0 Å². The van der Waals surface area contributed by atoms with Crippen LogP contribution in [0.15, 0.2) is 42.7 Å². The van der Waals surface area contributed by atoms with Gasteiger partial charge in [-0.05, 0) is 24.1 Å². The van der Waals surface area contributed by atoms with Gasteiger partial charge in [-0.25, -0.2) is 0 Å². The van der Waals surface area contributed by atoms with E-state index in [0.29, 0.717) is 23.7 Å². The predicted octanol–water partition coefficient (Wildman–Crippen LogP) is 3.50. The maximum atomic E-state index is 13.3.